The number of nitrogens with zero attached hydrogens (tertiary/aromatic N) is 1. The quantitative estimate of drug-likeness (QED) is 0.0789. The van der Waals surface area contributed by atoms with Crippen molar-refractivity contribution in [2.24, 2.45) is 10.9 Å². The summed E-state index contributed by atoms with van der Waals surface area (Å²) in [5.41, 5.74) is 6.92. The summed E-state index contributed by atoms with van der Waals surface area (Å²) in [5.74, 6) is -1.71. The number of nitrogens with one attached hydrogen (secondary N) is 3. The third-order valence-corrected chi connectivity index (χ3v) is 8.31. The Hall–Kier alpha value is -4.62. The van der Waals surface area contributed by atoms with Gasteiger partial charge in [-0.3, -0.25) is 10.2 Å². The summed E-state index contributed by atoms with van der Waals surface area (Å²) in [7, 11) is -4.22. The van der Waals surface area contributed by atoms with Crippen LogP contribution in [0.1, 0.15) is 11.1 Å². The average Bonchev–Trinajstić information content (AvgIpc) is 3.41. The molecule has 0 spiro atoms. The van der Waals surface area contributed by atoms with Crippen molar-refractivity contribution in [1.82, 2.24) is 15.3 Å². The molecule has 17 heteroatoms. The van der Waals surface area contributed by atoms with Crippen LogP contribution >= 0.6 is 0 Å². The van der Waals surface area contributed by atoms with Gasteiger partial charge in [-0.25, -0.2) is 18.5 Å². The molecule has 238 valence electrons. The summed E-state index contributed by atoms with van der Waals surface area (Å²) in [6.07, 6.45) is -6.78. The van der Waals surface area contributed by atoms with E-state index in [1.54, 1.807) is 18.2 Å². The number of carbonyl (C=O) groups is 1. The summed E-state index contributed by atoms with van der Waals surface area (Å²) >= 11 is 0. The number of fused-ring (bicyclic) bond motifs is 1. The molecule has 0 bridgehead atoms. The third-order valence-electron chi connectivity index (χ3n) is 7.40. The molecule has 16 nitrogen and oxygen atoms in total. The number of nitrogens with two attached hydrogens (primary N) is 2. The Balaban J connectivity index is 1.58. The van der Waals surface area contributed by atoms with E-state index in [4.69, 9.17) is 21.0 Å². The molecule has 1 amide bonds. The number of phenolic OH excluding ortho intramolecular Hbond substituents is 2. The number of phenols is 2. The fourth-order valence-corrected chi connectivity index (χ4v) is 5.61. The van der Waals surface area contributed by atoms with Crippen LogP contribution in [0.4, 0.5) is 0 Å². The lowest BCUT2D eigenvalue weighted by Gasteiger charge is -2.40. The van der Waals surface area contributed by atoms with Crippen molar-refractivity contribution in [3.63, 3.8) is 0 Å². The standard InChI is InChI=1S/C28H30N6O10S/c29-26(30)12-1-3-17-18(8-12)33-27(32-17)16-6-11(7-21(37)34-22-25(40)24(39)20(10-35)44-28(22)41)5-15(23(16)38)14-9-13(45(31,42)43)2-4-19(14)36/h1-6,8-9,20,22,24-25,28,35-36,38-41H,7,10H2,(H3,29,30)(H,32,33)(H,34,37)(H2,31,42,43)/t20-,22?,24-,25-,28?/m1/s1. The first kappa shape index (κ1) is 31.8. The first-order valence-corrected chi connectivity index (χ1v) is 14.9. The molecule has 0 radical (unpaired) electrons. The molecular weight excluding hydrogens is 612 g/mol. The molecule has 13 N–H and O–H groups in total. The summed E-state index contributed by atoms with van der Waals surface area (Å²) in [6.45, 7) is -0.688. The number of imidazole rings is 1. The minimum absolute atomic E-state index is 0.0403. The van der Waals surface area contributed by atoms with Gasteiger partial charge in [0.1, 0.15) is 47.5 Å². The molecule has 1 aromatic heterocycles. The van der Waals surface area contributed by atoms with Crippen LogP contribution in [0.3, 0.4) is 0 Å². The van der Waals surface area contributed by atoms with Gasteiger partial charge in [0.15, 0.2) is 6.29 Å². The number of ether oxygens (including phenoxy) is 1. The second kappa shape index (κ2) is 12.1. The number of aliphatic hydroxyl groups is 4. The second-order valence-corrected chi connectivity index (χ2v) is 12.1. The van der Waals surface area contributed by atoms with E-state index in [0.29, 0.717) is 16.6 Å². The second-order valence-electron chi connectivity index (χ2n) is 10.5. The van der Waals surface area contributed by atoms with E-state index in [0.717, 1.165) is 18.2 Å². The highest BCUT2D eigenvalue weighted by molar-refractivity contribution is 7.89. The predicted molar refractivity (Wildman–Crippen MR) is 158 cm³/mol. The first-order chi connectivity index (χ1) is 21.2. The number of hydrogen-bond acceptors (Lipinski definition) is 12. The molecule has 0 saturated carbocycles. The number of benzene rings is 3. The number of H-pyrrole nitrogens is 1. The van der Waals surface area contributed by atoms with E-state index >= 15 is 0 Å². The average molecular weight is 643 g/mol. The predicted octanol–water partition coefficient (Wildman–Crippen LogP) is -1.30. The smallest absolute Gasteiger partial charge is 0.238 e. The highest BCUT2D eigenvalue weighted by Crippen LogP contribution is 2.43. The van der Waals surface area contributed by atoms with Crippen LogP contribution in [-0.4, -0.2) is 98.0 Å². The van der Waals surface area contributed by atoms with Crippen molar-refractivity contribution < 1.29 is 48.6 Å². The lowest BCUT2D eigenvalue weighted by molar-refractivity contribution is -0.253. The molecule has 1 aliphatic rings. The Morgan fingerprint density at radius 2 is 1.73 bits per heavy atom. The maximum absolute atomic E-state index is 13.1. The Labute approximate surface area is 255 Å². The molecule has 1 saturated heterocycles. The monoisotopic (exact) mass is 642 g/mol. The van der Waals surface area contributed by atoms with Gasteiger partial charge in [0.25, 0.3) is 0 Å². The highest BCUT2D eigenvalue weighted by atomic mass is 32.2. The van der Waals surface area contributed by atoms with E-state index in [-0.39, 0.29) is 38.8 Å². The number of amidine groups is 1. The van der Waals surface area contributed by atoms with Crippen molar-refractivity contribution in [2.75, 3.05) is 6.61 Å². The van der Waals surface area contributed by atoms with Crippen LogP contribution in [0.25, 0.3) is 33.5 Å². The maximum Gasteiger partial charge on any atom is 0.238 e. The number of primary sulfonamides is 1. The molecule has 5 rings (SSSR count). The van der Waals surface area contributed by atoms with Gasteiger partial charge in [0, 0.05) is 16.7 Å². The lowest BCUT2D eigenvalue weighted by atomic mass is 9.95. The summed E-state index contributed by atoms with van der Waals surface area (Å²) < 4.78 is 29.2. The van der Waals surface area contributed by atoms with Crippen molar-refractivity contribution in [2.45, 2.75) is 42.0 Å². The molecule has 5 atom stereocenters. The normalized spacial score (nSPS) is 21.9. The van der Waals surface area contributed by atoms with Gasteiger partial charge in [0.2, 0.25) is 15.9 Å². The maximum atomic E-state index is 13.1. The van der Waals surface area contributed by atoms with Gasteiger partial charge in [0.05, 0.1) is 34.5 Å². The Kier molecular flexibility index (Phi) is 8.51. The Morgan fingerprint density at radius 1 is 1.02 bits per heavy atom. The summed E-state index contributed by atoms with van der Waals surface area (Å²) in [4.78, 5) is 20.3. The number of aromatic hydroxyl groups is 2. The number of aromatic amines is 1. The molecule has 0 aliphatic carbocycles. The van der Waals surface area contributed by atoms with Crippen molar-refractivity contribution in [3.8, 4) is 34.0 Å². The molecule has 3 aromatic carbocycles. The molecule has 1 fully saturated rings. The molecular formula is C28H30N6O10S. The zero-order chi connectivity index (χ0) is 32.8. The number of sulfonamides is 1. The molecule has 2 unspecified atom stereocenters. The van der Waals surface area contributed by atoms with E-state index < -0.39 is 71.1 Å². The van der Waals surface area contributed by atoms with Crippen molar-refractivity contribution >= 4 is 32.8 Å². The molecule has 4 aromatic rings. The Bertz CT molecular complexity index is 1910. The summed E-state index contributed by atoms with van der Waals surface area (Å²) in [5, 5.41) is 77.6. The van der Waals surface area contributed by atoms with Crippen LogP contribution in [0.15, 0.2) is 53.4 Å². The molecule has 1 aliphatic heterocycles. The van der Waals surface area contributed by atoms with Crippen LogP contribution in [0.2, 0.25) is 0 Å². The number of aliphatic hydroxyl groups excluding tert-OH is 4. The van der Waals surface area contributed by atoms with Gasteiger partial charge in [-0.1, -0.05) is 0 Å². The third kappa shape index (κ3) is 6.31. The minimum Gasteiger partial charge on any atom is -0.507 e. The Morgan fingerprint density at radius 3 is 2.40 bits per heavy atom. The number of carbonyl (C=O) groups excluding carboxylic acids is 1. The number of nitrogen functional groups attached to an aromatic ring is 1. The number of rotatable bonds is 8. The number of amides is 1. The van der Waals surface area contributed by atoms with Gasteiger partial charge < -0.3 is 51.4 Å². The van der Waals surface area contributed by atoms with Crippen LogP contribution in [0, 0.1) is 5.41 Å². The van der Waals surface area contributed by atoms with E-state index in [2.05, 4.69) is 15.3 Å². The molecule has 2 heterocycles. The fraction of sp³-hybridized carbons (Fsp3) is 0.250. The van der Waals surface area contributed by atoms with Crippen LogP contribution in [-0.2, 0) is 26.0 Å². The lowest BCUT2D eigenvalue weighted by Crippen LogP contribution is -2.64. The van der Waals surface area contributed by atoms with Crippen LogP contribution < -0.4 is 16.2 Å². The SMILES string of the molecule is N=C(N)c1ccc2nc(-c3cc(CC(=O)NC4C(O)O[C@H](CO)[C@@H](O)[C@@H]4O)cc(-c4cc(S(N)(=O)=O)ccc4O)c3O)[nH]c2c1. The van der Waals surface area contributed by atoms with Gasteiger partial charge in [-0.15, -0.1) is 0 Å². The first-order valence-electron chi connectivity index (χ1n) is 13.3. The number of hydrogen-bond donors (Lipinski definition) is 11. The van der Waals surface area contributed by atoms with Crippen LogP contribution in [0.5, 0.6) is 11.5 Å². The molecule has 45 heavy (non-hydrogen) atoms. The zero-order valence-corrected chi connectivity index (χ0v) is 24.1. The topological polar surface area (TPSA) is 298 Å². The summed E-state index contributed by atoms with van der Waals surface area (Å²) in [6, 6.07) is 9.22. The van der Waals surface area contributed by atoms with E-state index in [1.165, 1.54) is 12.1 Å². The highest BCUT2D eigenvalue weighted by Gasteiger charge is 2.44. The fourth-order valence-electron chi connectivity index (χ4n) is 5.07. The van der Waals surface area contributed by atoms with Gasteiger partial charge in [-0.05, 0) is 54.1 Å². The van der Waals surface area contributed by atoms with E-state index in [1.807, 2.05) is 0 Å². The van der Waals surface area contributed by atoms with E-state index in [9.17, 15) is 43.9 Å². The van der Waals surface area contributed by atoms with Crippen molar-refractivity contribution in [3.05, 3.63) is 59.7 Å². The minimum atomic E-state index is -4.22. The number of aromatic nitrogens is 2. The van der Waals surface area contributed by atoms with Gasteiger partial charge in [-0.2, -0.15) is 0 Å². The van der Waals surface area contributed by atoms with Gasteiger partial charge >= 0.3 is 0 Å². The van der Waals surface area contributed by atoms with Crippen molar-refractivity contribution in [1.29, 1.82) is 5.41 Å². The largest absolute Gasteiger partial charge is 0.507 e. The zero-order valence-electron chi connectivity index (χ0n) is 23.2.